The Morgan fingerprint density at radius 3 is 2.38 bits per heavy atom. The summed E-state index contributed by atoms with van der Waals surface area (Å²) in [4.78, 5) is 29.5. The smallest absolute Gasteiger partial charge is 0.240 e. The van der Waals surface area contributed by atoms with E-state index in [1.165, 1.54) is 0 Å². The van der Waals surface area contributed by atoms with Crippen LogP contribution in [0, 0.1) is 5.92 Å². The predicted octanol–water partition coefficient (Wildman–Crippen LogP) is 1.60. The van der Waals surface area contributed by atoms with Crippen LogP contribution in [0.3, 0.4) is 0 Å². The van der Waals surface area contributed by atoms with Gasteiger partial charge in [-0.15, -0.1) is 0 Å². The third-order valence-electron chi connectivity index (χ3n) is 5.76. The van der Waals surface area contributed by atoms with Crippen LogP contribution < -0.4 is 10.6 Å². The molecule has 0 radical (unpaired) electrons. The molecule has 2 rings (SSSR count). The maximum Gasteiger partial charge on any atom is 0.240 e. The van der Waals surface area contributed by atoms with Crippen molar-refractivity contribution in [3.05, 3.63) is 0 Å². The Kier molecular flexibility index (Phi) is 7.89. The molecule has 2 saturated heterocycles. The number of nitrogens with one attached hydrogen (secondary N) is 2. The molecule has 3 atom stereocenters. The van der Waals surface area contributed by atoms with Crippen molar-refractivity contribution in [2.45, 2.75) is 84.5 Å². The summed E-state index contributed by atoms with van der Waals surface area (Å²) >= 11 is 0. The lowest BCUT2D eigenvalue weighted by Crippen LogP contribution is -2.54. The van der Waals surface area contributed by atoms with Gasteiger partial charge in [0.05, 0.1) is 12.1 Å². The fraction of sp³-hybridized carbons (Fsp3) is 0.900. The van der Waals surface area contributed by atoms with E-state index in [2.05, 4.69) is 43.2 Å². The Balaban J connectivity index is 1.86. The van der Waals surface area contributed by atoms with Crippen molar-refractivity contribution in [1.29, 1.82) is 0 Å². The van der Waals surface area contributed by atoms with Crippen molar-refractivity contribution in [2.75, 3.05) is 26.2 Å². The van der Waals surface area contributed by atoms with Gasteiger partial charge >= 0.3 is 0 Å². The second kappa shape index (κ2) is 9.70. The zero-order chi connectivity index (χ0) is 19.3. The summed E-state index contributed by atoms with van der Waals surface area (Å²) < 4.78 is 0. The maximum absolute atomic E-state index is 13.0. The highest BCUT2D eigenvalue weighted by Gasteiger charge is 2.32. The van der Waals surface area contributed by atoms with E-state index in [1.807, 2.05) is 11.8 Å². The molecule has 2 heterocycles. The van der Waals surface area contributed by atoms with E-state index < -0.39 is 0 Å². The summed E-state index contributed by atoms with van der Waals surface area (Å²) in [6, 6.07) is 0.308. The average molecular weight is 367 g/mol. The average Bonchev–Trinajstić information content (AvgIpc) is 3.13. The molecule has 2 fully saturated rings. The second-order valence-electron chi connectivity index (χ2n) is 8.51. The summed E-state index contributed by atoms with van der Waals surface area (Å²) in [5.41, 5.74) is 0. The van der Waals surface area contributed by atoms with Crippen LogP contribution in [0.15, 0.2) is 0 Å². The molecule has 2 aliphatic heterocycles. The monoisotopic (exact) mass is 366 g/mol. The number of nitrogens with zero attached hydrogens (tertiary/aromatic N) is 2. The van der Waals surface area contributed by atoms with Gasteiger partial charge in [0.1, 0.15) is 0 Å². The highest BCUT2D eigenvalue weighted by Crippen LogP contribution is 2.20. The maximum atomic E-state index is 13.0. The van der Waals surface area contributed by atoms with Crippen molar-refractivity contribution in [3.8, 4) is 0 Å². The normalized spacial score (nSPS) is 25.5. The van der Waals surface area contributed by atoms with Crippen molar-refractivity contribution >= 4 is 11.8 Å². The summed E-state index contributed by atoms with van der Waals surface area (Å²) in [5, 5.41) is 6.37. The summed E-state index contributed by atoms with van der Waals surface area (Å²) in [5.74, 6) is 0.778. The Morgan fingerprint density at radius 1 is 1.12 bits per heavy atom. The van der Waals surface area contributed by atoms with Gasteiger partial charge in [0.2, 0.25) is 11.8 Å². The van der Waals surface area contributed by atoms with Crippen molar-refractivity contribution in [3.63, 3.8) is 0 Å². The van der Waals surface area contributed by atoms with Crippen molar-refractivity contribution < 1.29 is 9.59 Å². The van der Waals surface area contributed by atoms with Crippen LogP contribution in [-0.4, -0.2) is 72.0 Å². The number of rotatable bonds is 7. The minimum Gasteiger partial charge on any atom is -0.354 e. The highest BCUT2D eigenvalue weighted by molar-refractivity contribution is 5.82. The molecule has 0 aromatic carbocycles. The number of piperidine rings is 1. The van der Waals surface area contributed by atoms with E-state index in [1.54, 1.807) is 0 Å². The lowest BCUT2D eigenvalue weighted by atomic mass is 9.96. The quantitative estimate of drug-likeness (QED) is 0.718. The van der Waals surface area contributed by atoms with Gasteiger partial charge in [-0.25, -0.2) is 0 Å². The first-order chi connectivity index (χ1) is 12.3. The molecule has 3 unspecified atom stereocenters. The molecule has 0 aromatic heterocycles. The van der Waals surface area contributed by atoms with Crippen LogP contribution in [0.1, 0.15) is 60.3 Å². The number of hydrogen-bond donors (Lipinski definition) is 2. The number of likely N-dealkylation sites (tertiary alicyclic amines) is 1. The molecule has 26 heavy (non-hydrogen) atoms. The largest absolute Gasteiger partial charge is 0.354 e. The molecule has 2 N–H and O–H groups in total. The highest BCUT2D eigenvalue weighted by atomic mass is 16.2. The topological polar surface area (TPSA) is 64.7 Å². The zero-order valence-electron chi connectivity index (χ0n) is 17.3. The van der Waals surface area contributed by atoms with E-state index in [4.69, 9.17) is 0 Å². The molecule has 2 aliphatic rings. The van der Waals surface area contributed by atoms with E-state index in [-0.39, 0.29) is 36.0 Å². The fourth-order valence-electron chi connectivity index (χ4n) is 4.37. The summed E-state index contributed by atoms with van der Waals surface area (Å²) in [7, 11) is 0. The van der Waals surface area contributed by atoms with Crippen LogP contribution in [0.5, 0.6) is 0 Å². The van der Waals surface area contributed by atoms with Gasteiger partial charge in [0.25, 0.3) is 0 Å². The van der Waals surface area contributed by atoms with E-state index in [0.29, 0.717) is 12.5 Å². The zero-order valence-corrected chi connectivity index (χ0v) is 17.3. The molecule has 0 spiro atoms. The predicted molar refractivity (Wildman–Crippen MR) is 105 cm³/mol. The molecule has 0 bridgehead atoms. The van der Waals surface area contributed by atoms with Crippen LogP contribution in [-0.2, 0) is 9.59 Å². The second-order valence-corrected chi connectivity index (χ2v) is 8.51. The molecule has 0 aliphatic carbocycles. The van der Waals surface area contributed by atoms with Gasteiger partial charge in [-0.3, -0.25) is 14.5 Å². The molecule has 2 amide bonds. The van der Waals surface area contributed by atoms with Gasteiger partial charge in [-0.1, -0.05) is 0 Å². The molecule has 0 saturated carbocycles. The third-order valence-corrected chi connectivity index (χ3v) is 5.76. The first-order valence-corrected chi connectivity index (χ1v) is 10.4. The van der Waals surface area contributed by atoms with Gasteiger partial charge < -0.3 is 15.5 Å². The number of carbonyl (C=O) groups is 2. The molecule has 0 aromatic rings. The Labute approximate surface area is 159 Å². The van der Waals surface area contributed by atoms with Gasteiger partial charge in [-0.05, 0) is 79.3 Å². The third kappa shape index (κ3) is 5.43. The van der Waals surface area contributed by atoms with Crippen LogP contribution in [0.2, 0.25) is 0 Å². The first kappa shape index (κ1) is 21.2. The van der Waals surface area contributed by atoms with Gasteiger partial charge in [0, 0.05) is 25.2 Å². The first-order valence-electron chi connectivity index (χ1n) is 10.4. The van der Waals surface area contributed by atoms with E-state index in [0.717, 1.165) is 45.3 Å². The number of hydrogen-bond acceptors (Lipinski definition) is 4. The standard InChI is InChI=1S/C20H38N4O2/c1-14(2)24(15(3)4)20(26)16(5)23-11-7-8-17(13-23)12-22-19(25)18-9-6-10-21-18/h14-18,21H,6-13H2,1-5H3,(H,22,25). The van der Waals surface area contributed by atoms with Gasteiger partial charge in [-0.2, -0.15) is 0 Å². The fourth-order valence-corrected chi connectivity index (χ4v) is 4.37. The SMILES string of the molecule is CC(C(=O)N(C(C)C)C(C)C)N1CCCC(CNC(=O)C2CCCN2)C1. The van der Waals surface area contributed by atoms with Crippen LogP contribution in [0.4, 0.5) is 0 Å². The van der Waals surface area contributed by atoms with E-state index in [9.17, 15) is 9.59 Å². The van der Waals surface area contributed by atoms with Crippen LogP contribution in [0.25, 0.3) is 0 Å². The number of carbonyl (C=O) groups excluding carboxylic acids is 2. The summed E-state index contributed by atoms with van der Waals surface area (Å²) in [6.07, 6.45) is 4.22. The van der Waals surface area contributed by atoms with Gasteiger partial charge in [0.15, 0.2) is 0 Å². The van der Waals surface area contributed by atoms with Crippen LogP contribution >= 0.6 is 0 Å². The minimum atomic E-state index is -0.102. The molecular weight excluding hydrogens is 328 g/mol. The Morgan fingerprint density at radius 2 is 1.81 bits per heavy atom. The van der Waals surface area contributed by atoms with Crippen molar-refractivity contribution in [1.82, 2.24) is 20.4 Å². The lowest BCUT2D eigenvalue weighted by Gasteiger charge is -2.40. The van der Waals surface area contributed by atoms with Crippen molar-refractivity contribution in [2.24, 2.45) is 5.92 Å². The molecular formula is C20H38N4O2. The minimum absolute atomic E-state index is 0.0131. The Bertz CT molecular complexity index is 466. The lowest BCUT2D eigenvalue weighted by molar-refractivity contribution is -0.141. The molecule has 6 heteroatoms. The molecule has 6 nitrogen and oxygen atoms in total. The number of amides is 2. The molecule has 150 valence electrons. The Hall–Kier alpha value is -1.14. The summed E-state index contributed by atoms with van der Waals surface area (Å²) in [6.45, 7) is 13.9. The van der Waals surface area contributed by atoms with E-state index >= 15 is 0 Å².